The molecule has 0 unspecified atom stereocenters. The van der Waals surface area contributed by atoms with E-state index in [-0.39, 0.29) is 11.8 Å². The Balaban J connectivity index is 0.000000164. The molecule has 0 N–H and O–H groups in total. The third-order valence-electron chi connectivity index (χ3n) is 13.0. The Morgan fingerprint density at radius 3 is 1.51 bits per heavy atom. The summed E-state index contributed by atoms with van der Waals surface area (Å²) in [5, 5.41) is 0. The van der Waals surface area contributed by atoms with Crippen LogP contribution in [0.2, 0.25) is 0 Å². The molecule has 4 heterocycles. The Kier molecular flexibility index (Phi) is 12.0. The highest BCUT2D eigenvalue weighted by atomic mass is 16.2. The summed E-state index contributed by atoms with van der Waals surface area (Å²) in [6.45, 7) is 18.3. The van der Waals surface area contributed by atoms with Gasteiger partial charge in [0.1, 0.15) is 11.6 Å². The summed E-state index contributed by atoms with van der Waals surface area (Å²) < 4.78 is 4.29. The molecule has 0 spiro atoms. The molecule has 2 amide bonds. The van der Waals surface area contributed by atoms with Crippen molar-refractivity contribution in [3.63, 3.8) is 0 Å². The molecule has 10 nitrogen and oxygen atoms in total. The molecule has 0 bridgehead atoms. The predicted octanol–water partition coefficient (Wildman–Crippen LogP) is 8.70. The number of para-hydroxylation sites is 4. The Bertz CT molecular complexity index is 2390. The number of hydrogen-bond acceptors (Lipinski definition) is 6. The molecule has 3 aliphatic rings. The summed E-state index contributed by atoms with van der Waals surface area (Å²) in [4.78, 5) is 45.0. The number of nitrogens with zero attached hydrogens (tertiary/aromatic N) is 8. The number of aromatic nitrogens is 4. The Labute approximate surface area is 349 Å². The molecule has 308 valence electrons. The summed E-state index contributed by atoms with van der Waals surface area (Å²) in [5.41, 5.74) is 7.74. The average Bonchev–Trinajstić information content (AvgIpc) is 4.04. The molecular formula is C49H60N8O2. The van der Waals surface area contributed by atoms with Crippen molar-refractivity contribution >= 4 is 33.9 Å². The lowest BCUT2D eigenvalue weighted by molar-refractivity contribution is 0.0673. The van der Waals surface area contributed by atoms with Crippen molar-refractivity contribution in [1.29, 1.82) is 0 Å². The van der Waals surface area contributed by atoms with Crippen LogP contribution in [0.25, 0.3) is 33.4 Å². The molecule has 59 heavy (non-hydrogen) atoms. The van der Waals surface area contributed by atoms with Crippen LogP contribution >= 0.6 is 0 Å². The van der Waals surface area contributed by atoms with Crippen molar-refractivity contribution in [3.05, 3.63) is 120 Å². The van der Waals surface area contributed by atoms with Gasteiger partial charge in [-0.25, -0.2) is 9.97 Å². The Morgan fingerprint density at radius 1 is 0.627 bits per heavy atom. The molecule has 4 aromatic carbocycles. The molecular weight excluding hydrogens is 733 g/mol. The quantitative estimate of drug-likeness (QED) is 0.138. The first-order valence-corrected chi connectivity index (χ1v) is 21.8. The van der Waals surface area contributed by atoms with Gasteiger partial charge in [0, 0.05) is 85.9 Å². The number of benzene rings is 4. The lowest BCUT2D eigenvalue weighted by Crippen LogP contribution is -2.44. The first kappa shape index (κ1) is 40.5. The maximum absolute atomic E-state index is 13.3. The minimum absolute atomic E-state index is 0.127. The fourth-order valence-electron chi connectivity index (χ4n) is 9.52. The molecule has 1 saturated carbocycles. The highest BCUT2D eigenvalue weighted by Gasteiger charge is 2.35. The molecule has 0 radical (unpaired) electrons. The van der Waals surface area contributed by atoms with Gasteiger partial charge in [0.05, 0.1) is 22.1 Å². The van der Waals surface area contributed by atoms with Crippen LogP contribution < -0.4 is 0 Å². The number of imidazole rings is 2. The number of likely N-dealkylation sites (N-methyl/N-ethyl adjacent to an activating group) is 2. The van der Waals surface area contributed by atoms with Crippen LogP contribution in [0.1, 0.15) is 92.2 Å². The predicted molar refractivity (Wildman–Crippen MR) is 238 cm³/mol. The van der Waals surface area contributed by atoms with Gasteiger partial charge in [0.15, 0.2) is 0 Å². The monoisotopic (exact) mass is 792 g/mol. The van der Waals surface area contributed by atoms with E-state index in [4.69, 9.17) is 0 Å². The summed E-state index contributed by atoms with van der Waals surface area (Å²) in [6.07, 6.45) is 6.16. The first-order valence-electron chi connectivity index (χ1n) is 21.8. The smallest absolute Gasteiger partial charge is 0.254 e. The molecule has 3 fully saturated rings. The zero-order valence-corrected chi connectivity index (χ0v) is 35.7. The lowest BCUT2D eigenvalue weighted by Gasteiger charge is -2.35. The van der Waals surface area contributed by atoms with Crippen molar-refractivity contribution in [1.82, 2.24) is 38.7 Å². The van der Waals surface area contributed by atoms with Crippen LogP contribution in [0.15, 0.2) is 97.1 Å². The fourth-order valence-corrected chi connectivity index (χ4v) is 9.52. The van der Waals surface area contributed by atoms with E-state index in [0.717, 1.165) is 114 Å². The number of aryl methyl sites for hydroxylation is 2. The standard InChI is InChI=1S/C25H30N4O.C24H30N4O/c1-3-28(22-15-16-27(17-22)20-7-6-8-20)25(30)19-11-13-21(14-12-19)29-18(2)26-23-9-4-5-10-24(23)29;1-5-27(21-14-15-26(16-21)17(2)3)24(29)19-10-12-20(13-11-19)28-18(4)25-22-8-6-7-9-23(22)28/h4-5,9-14,20,22H,3,6-8,15-17H2,1-2H3;6-13,17,21H,5,14-16H2,1-4H3/t22-;21-/m11/s1. The van der Waals surface area contributed by atoms with Crippen LogP contribution in [0.5, 0.6) is 0 Å². The van der Waals surface area contributed by atoms with E-state index in [1.54, 1.807) is 0 Å². The topological polar surface area (TPSA) is 82.7 Å². The molecule has 1 aliphatic carbocycles. The van der Waals surface area contributed by atoms with Crippen LogP contribution in [0.4, 0.5) is 0 Å². The van der Waals surface area contributed by atoms with Crippen LogP contribution in [-0.4, -0.2) is 114 Å². The highest BCUT2D eigenvalue weighted by Crippen LogP contribution is 2.30. The second kappa shape index (κ2) is 17.5. The summed E-state index contributed by atoms with van der Waals surface area (Å²) >= 11 is 0. The lowest BCUT2D eigenvalue weighted by atomic mass is 9.92. The van der Waals surface area contributed by atoms with Crippen LogP contribution in [-0.2, 0) is 0 Å². The second-order valence-electron chi connectivity index (χ2n) is 16.8. The molecule has 10 heteroatoms. The van der Waals surface area contributed by atoms with Crippen molar-refractivity contribution < 1.29 is 9.59 Å². The zero-order chi connectivity index (χ0) is 41.2. The number of rotatable bonds is 10. The van der Waals surface area contributed by atoms with Crippen LogP contribution in [0.3, 0.4) is 0 Å². The molecule has 2 aromatic heterocycles. The van der Waals surface area contributed by atoms with Gasteiger partial charge in [0.25, 0.3) is 11.8 Å². The van der Waals surface area contributed by atoms with Gasteiger partial charge >= 0.3 is 0 Å². The summed E-state index contributed by atoms with van der Waals surface area (Å²) in [7, 11) is 0. The first-order chi connectivity index (χ1) is 28.6. The summed E-state index contributed by atoms with van der Waals surface area (Å²) in [5.74, 6) is 2.17. The number of hydrogen-bond donors (Lipinski definition) is 0. The third kappa shape index (κ3) is 8.17. The average molecular weight is 793 g/mol. The van der Waals surface area contributed by atoms with E-state index in [2.05, 4.69) is 73.6 Å². The Morgan fingerprint density at radius 2 is 1.08 bits per heavy atom. The van der Waals surface area contributed by atoms with Gasteiger partial charge in [-0.2, -0.15) is 0 Å². The van der Waals surface area contributed by atoms with Gasteiger partial charge in [-0.1, -0.05) is 30.7 Å². The number of carbonyl (C=O) groups excluding carboxylic acids is 2. The van der Waals surface area contributed by atoms with Crippen molar-refractivity contribution in [3.8, 4) is 11.4 Å². The zero-order valence-electron chi connectivity index (χ0n) is 35.7. The maximum atomic E-state index is 13.3. The van der Waals surface area contributed by atoms with E-state index < -0.39 is 0 Å². The van der Waals surface area contributed by atoms with E-state index in [1.807, 2.05) is 104 Å². The number of amides is 2. The van der Waals surface area contributed by atoms with E-state index >= 15 is 0 Å². The number of carbonyl (C=O) groups is 2. The SMILES string of the molecule is CCN(C(=O)c1ccc(-n2c(C)nc3ccccc32)cc1)[C@@H]1CCN(C(C)C)C1.CCN(C(=O)c1ccc(-n2c(C)nc3ccccc32)cc1)[C@@H]1CCN(C2CCC2)C1. The second-order valence-corrected chi connectivity index (χ2v) is 16.8. The minimum atomic E-state index is 0.127. The fraction of sp³-hybridized carbons (Fsp3) is 0.429. The molecule has 2 saturated heterocycles. The van der Waals surface area contributed by atoms with Crippen LogP contribution in [0, 0.1) is 13.8 Å². The summed E-state index contributed by atoms with van der Waals surface area (Å²) in [6, 6.07) is 34.2. The van der Waals surface area contributed by atoms with Gasteiger partial charge < -0.3 is 9.80 Å². The van der Waals surface area contributed by atoms with E-state index in [9.17, 15) is 9.59 Å². The normalized spacial score (nSPS) is 18.6. The van der Waals surface area contributed by atoms with Crippen molar-refractivity contribution in [2.75, 3.05) is 39.3 Å². The third-order valence-corrected chi connectivity index (χ3v) is 13.0. The molecule has 6 aromatic rings. The minimum Gasteiger partial charge on any atom is -0.335 e. The van der Waals surface area contributed by atoms with E-state index in [1.165, 1.54) is 19.3 Å². The highest BCUT2D eigenvalue weighted by molar-refractivity contribution is 5.95. The van der Waals surface area contributed by atoms with Gasteiger partial charge in [-0.3, -0.25) is 28.5 Å². The Hall–Kier alpha value is -5.32. The molecule has 9 rings (SSSR count). The van der Waals surface area contributed by atoms with Crippen molar-refractivity contribution in [2.24, 2.45) is 0 Å². The number of fused-ring (bicyclic) bond motifs is 2. The van der Waals surface area contributed by atoms with Gasteiger partial charge in [-0.05, 0) is 140 Å². The molecule has 2 aliphatic heterocycles. The van der Waals surface area contributed by atoms with E-state index in [0.29, 0.717) is 18.1 Å². The number of likely N-dealkylation sites (tertiary alicyclic amines) is 2. The largest absolute Gasteiger partial charge is 0.335 e. The van der Waals surface area contributed by atoms with Crippen molar-refractivity contribution in [2.45, 2.75) is 97.8 Å². The van der Waals surface area contributed by atoms with Gasteiger partial charge in [-0.15, -0.1) is 0 Å². The molecule has 2 atom stereocenters. The maximum Gasteiger partial charge on any atom is 0.254 e. The van der Waals surface area contributed by atoms with Gasteiger partial charge in [0.2, 0.25) is 0 Å².